The third-order valence-corrected chi connectivity index (χ3v) is 3.77. The van der Waals surface area contributed by atoms with E-state index in [4.69, 9.17) is 4.74 Å². The summed E-state index contributed by atoms with van der Waals surface area (Å²) in [5.41, 5.74) is 1.50. The van der Waals surface area contributed by atoms with E-state index in [-0.39, 0.29) is 5.54 Å². The highest BCUT2D eigenvalue weighted by Crippen LogP contribution is 2.32. The summed E-state index contributed by atoms with van der Waals surface area (Å²) in [5, 5.41) is 3.21. The van der Waals surface area contributed by atoms with Gasteiger partial charge in [0.05, 0.1) is 18.3 Å². The van der Waals surface area contributed by atoms with Crippen molar-refractivity contribution < 1.29 is 4.74 Å². The van der Waals surface area contributed by atoms with E-state index in [9.17, 15) is 0 Å². The highest BCUT2D eigenvalue weighted by molar-refractivity contribution is 9.10. The van der Waals surface area contributed by atoms with Gasteiger partial charge >= 0.3 is 0 Å². The van der Waals surface area contributed by atoms with Crippen LogP contribution in [0.3, 0.4) is 0 Å². The zero-order valence-corrected chi connectivity index (χ0v) is 13.7. The van der Waals surface area contributed by atoms with Gasteiger partial charge in [-0.25, -0.2) is 9.97 Å². The lowest BCUT2D eigenvalue weighted by molar-refractivity contribution is 0.413. The summed E-state index contributed by atoms with van der Waals surface area (Å²) in [6, 6.07) is 7.75. The Kier molecular flexibility index (Phi) is 4.40. The lowest BCUT2D eigenvalue weighted by Crippen LogP contribution is -2.35. The Hall–Kier alpha value is -1.46. The van der Waals surface area contributed by atoms with E-state index in [1.807, 2.05) is 45.2 Å². The number of aromatic nitrogens is 2. The van der Waals surface area contributed by atoms with E-state index >= 15 is 0 Å². The molecule has 5 heteroatoms. The summed E-state index contributed by atoms with van der Waals surface area (Å²) in [6.45, 7) is 4.09. The Morgan fingerprint density at radius 2 is 2.00 bits per heavy atom. The quantitative estimate of drug-likeness (QED) is 0.930. The molecule has 0 unspecified atom stereocenters. The smallest absolute Gasteiger partial charge is 0.148 e. The first kappa shape index (κ1) is 14.9. The molecule has 0 aliphatic carbocycles. The monoisotopic (exact) mass is 335 g/mol. The van der Waals surface area contributed by atoms with Crippen molar-refractivity contribution in [2.24, 2.45) is 0 Å². The zero-order valence-electron chi connectivity index (χ0n) is 12.1. The molecule has 1 aromatic carbocycles. The fraction of sp³-hybridized carbons (Fsp3) is 0.333. The Morgan fingerprint density at radius 3 is 2.65 bits per heavy atom. The standard InChI is InChI=1S/C15H18BrN3O/c1-15(2,17-3)14-18-8-7-12(19-14)11-9-10(16)5-6-13(11)20-4/h5-9,17H,1-4H3. The molecule has 0 amide bonds. The Bertz CT molecular complexity index is 614. The third kappa shape index (κ3) is 2.99. The topological polar surface area (TPSA) is 47.0 Å². The molecule has 0 radical (unpaired) electrons. The number of benzene rings is 1. The van der Waals surface area contributed by atoms with Gasteiger partial charge in [-0.3, -0.25) is 0 Å². The van der Waals surface area contributed by atoms with E-state index < -0.39 is 0 Å². The minimum atomic E-state index is -0.282. The zero-order chi connectivity index (χ0) is 14.8. The molecule has 1 N–H and O–H groups in total. The Labute approximate surface area is 127 Å². The van der Waals surface area contributed by atoms with Gasteiger partial charge in [0.2, 0.25) is 0 Å². The lowest BCUT2D eigenvalue weighted by Gasteiger charge is -2.22. The predicted octanol–water partition coefficient (Wildman–Crippen LogP) is 3.37. The van der Waals surface area contributed by atoms with Crippen LogP contribution in [0.2, 0.25) is 0 Å². The van der Waals surface area contributed by atoms with Crippen molar-refractivity contribution >= 4 is 15.9 Å². The molecule has 2 rings (SSSR count). The van der Waals surface area contributed by atoms with Crippen LogP contribution in [-0.2, 0) is 5.54 Å². The maximum absolute atomic E-state index is 5.41. The van der Waals surface area contributed by atoms with Crippen LogP contribution in [0.1, 0.15) is 19.7 Å². The number of halogens is 1. The number of methoxy groups -OCH3 is 1. The van der Waals surface area contributed by atoms with Crippen LogP contribution in [0.25, 0.3) is 11.3 Å². The van der Waals surface area contributed by atoms with Gasteiger partial charge in [-0.2, -0.15) is 0 Å². The van der Waals surface area contributed by atoms with E-state index in [1.165, 1.54) is 0 Å². The summed E-state index contributed by atoms with van der Waals surface area (Å²) in [6.07, 6.45) is 1.77. The third-order valence-electron chi connectivity index (χ3n) is 3.28. The highest BCUT2D eigenvalue weighted by Gasteiger charge is 2.22. The summed E-state index contributed by atoms with van der Waals surface area (Å²) in [7, 11) is 3.56. The molecule has 0 fully saturated rings. The summed E-state index contributed by atoms with van der Waals surface area (Å²) in [4.78, 5) is 9.02. The first-order chi connectivity index (χ1) is 9.47. The van der Waals surface area contributed by atoms with E-state index in [0.29, 0.717) is 0 Å². The van der Waals surface area contributed by atoms with Gasteiger partial charge < -0.3 is 10.1 Å². The maximum atomic E-state index is 5.41. The Morgan fingerprint density at radius 1 is 1.25 bits per heavy atom. The van der Waals surface area contributed by atoms with Crippen LogP contribution in [0.15, 0.2) is 34.9 Å². The molecule has 0 saturated carbocycles. The van der Waals surface area contributed by atoms with Gasteiger partial charge in [-0.15, -0.1) is 0 Å². The van der Waals surface area contributed by atoms with Crippen molar-refractivity contribution in [1.82, 2.24) is 15.3 Å². The average Bonchev–Trinajstić information content (AvgIpc) is 2.47. The largest absolute Gasteiger partial charge is 0.496 e. The molecule has 20 heavy (non-hydrogen) atoms. The normalized spacial score (nSPS) is 11.4. The molecule has 0 bridgehead atoms. The molecule has 4 nitrogen and oxygen atoms in total. The van der Waals surface area contributed by atoms with Crippen LogP contribution in [0, 0.1) is 0 Å². The number of nitrogens with zero attached hydrogens (tertiary/aromatic N) is 2. The molecule has 1 aromatic heterocycles. The van der Waals surface area contributed by atoms with Crippen molar-refractivity contribution in [3.05, 3.63) is 40.8 Å². The number of rotatable bonds is 4. The van der Waals surface area contributed by atoms with Crippen molar-refractivity contribution in [3.8, 4) is 17.0 Å². The van der Waals surface area contributed by atoms with Crippen molar-refractivity contribution in [1.29, 1.82) is 0 Å². The average molecular weight is 336 g/mol. The minimum Gasteiger partial charge on any atom is -0.496 e. The van der Waals surface area contributed by atoms with Crippen LogP contribution in [-0.4, -0.2) is 24.1 Å². The minimum absolute atomic E-state index is 0.282. The summed E-state index contributed by atoms with van der Waals surface area (Å²) < 4.78 is 6.40. The van der Waals surface area contributed by atoms with E-state index in [0.717, 1.165) is 27.3 Å². The summed E-state index contributed by atoms with van der Waals surface area (Å²) in [5.74, 6) is 1.54. The van der Waals surface area contributed by atoms with Crippen molar-refractivity contribution in [2.75, 3.05) is 14.2 Å². The van der Waals surface area contributed by atoms with Crippen molar-refractivity contribution in [3.63, 3.8) is 0 Å². The molecular weight excluding hydrogens is 318 g/mol. The Balaban J connectivity index is 2.54. The van der Waals surface area contributed by atoms with E-state index in [1.54, 1.807) is 13.3 Å². The molecule has 2 aromatic rings. The molecule has 106 valence electrons. The van der Waals surface area contributed by atoms with Gasteiger partial charge in [0.25, 0.3) is 0 Å². The van der Waals surface area contributed by atoms with Gasteiger partial charge in [-0.05, 0) is 45.2 Å². The van der Waals surface area contributed by atoms with Gasteiger partial charge in [-0.1, -0.05) is 15.9 Å². The van der Waals surface area contributed by atoms with E-state index in [2.05, 4.69) is 31.2 Å². The van der Waals surface area contributed by atoms with Crippen LogP contribution < -0.4 is 10.1 Å². The number of hydrogen-bond acceptors (Lipinski definition) is 4. The molecule has 0 atom stereocenters. The fourth-order valence-corrected chi connectivity index (χ4v) is 2.16. The number of ether oxygens (including phenoxy) is 1. The van der Waals surface area contributed by atoms with Crippen molar-refractivity contribution in [2.45, 2.75) is 19.4 Å². The molecule has 1 heterocycles. The summed E-state index contributed by atoms with van der Waals surface area (Å²) >= 11 is 3.48. The van der Waals surface area contributed by atoms with Gasteiger partial charge in [0.15, 0.2) is 0 Å². The second kappa shape index (κ2) is 5.89. The number of nitrogens with one attached hydrogen (secondary N) is 1. The lowest BCUT2D eigenvalue weighted by atomic mass is 10.0. The fourth-order valence-electron chi connectivity index (χ4n) is 1.80. The SMILES string of the molecule is CNC(C)(C)c1nccc(-c2cc(Br)ccc2OC)n1. The second-order valence-electron chi connectivity index (χ2n) is 4.99. The molecule has 0 saturated heterocycles. The van der Waals surface area contributed by atoms with Crippen LogP contribution in [0.5, 0.6) is 5.75 Å². The first-order valence-corrected chi connectivity index (χ1v) is 7.13. The van der Waals surface area contributed by atoms with Crippen LogP contribution in [0.4, 0.5) is 0 Å². The van der Waals surface area contributed by atoms with Gasteiger partial charge in [0, 0.05) is 16.2 Å². The predicted molar refractivity (Wildman–Crippen MR) is 83.8 cm³/mol. The maximum Gasteiger partial charge on any atom is 0.148 e. The highest BCUT2D eigenvalue weighted by atomic mass is 79.9. The molecule has 0 aliphatic heterocycles. The van der Waals surface area contributed by atoms with Gasteiger partial charge in [0.1, 0.15) is 11.6 Å². The molecule has 0 spiro atoms. The second-order valence-corrected chi connectivity index (χ2v) is 5.90. The molecule has 0 aliphatic rings. The molecular formula is C15H18BrN3O. The van der Waals surface area contributed by atoms with Crippen LogP contribution >= 0.6 is 15.9 Å². The first-order valence-electron chi connectivity index (χ1n) is 6.34. The number of hydrogen-bond donors (Lipinski definition) is 1.